The van der Waals surface area contributed by atoms with Crippen molar-refractivity contribution < 1.29 is 9.59 Å². The summed E-state index contributed by atoms with van der Waals surface area (Å²) in [5.41, 5.74) is 3.01. The summed E-state index contributed by atoms with van der Waals surface area (Å²) in [7, 11) is 0. The Hall–Kier alpha value is -2.62. The van der Waals surface area contributed by atoms with E-state index in [1.807, 2.05) is 61.5 Å². The van der Waals surface area contributed by atoms with E-state index in [0.717, 1.165) is 16.8 Å². The summed E-state index contributed by atoms with van der Waals surface area (Å²) in [5.74, 6) is 0.0615. The van der Waals surface area contributed by atoms with Crippen molar-refractivity contribution in [1.29, 1.82) is 0 Å². The lowest BCUT2D eigenvalue weighted by atomic mass is 9.99. The van der Waals surface area contributed by atoms with Gasteiger partial charge >= 0.3 is 0 Å². The van der Waals surface area contributed by atoms with Crippen LogP contribution in [0.4, 0.5) is 5.69 Å². The Bertz CT molecular complexity index is 712. The topological polar surface area (TPSA) is 49.4 Å². The summed E-state index contributed by atoms with van der Waals surface area (Å²) in [6.45, 7) is 2.68. The number of carbonyl (C=O) groups excluding carboxylic acids is 2. The molecule has 118 valence electrons. The van der Waals surface area contributed by atoms with Gasteiger partial charge < -0.3 is 10.2 Å². The van der Waals surface area contributed by atoms with Crippen molar-refractivity contribution in [2.24, 2.45) is 0 Å². The number of hydrogen-bond acceptors (Lipinski definition) is 2. The van der Waals surface area contributed by atoms with Gasteiger partial charge in [-0.05, 0) is 30.2 Å². The fraction of sp³-hybridized carbons (Fsp3) is 0.263. The van der Waals surface area contributed by atoms with Crippen molar-refractivity contribution >= 4 is 17.5 Å². The zero-order chi connectivity index (χ0) is 16.2. The molecular weight excluding hydrogens is 288 g/mol. The first-order valence-corrected chi connectivity index (χ1v) is 7.81. The molecule has 0 unspecified atom stereocenters. The average Bonchev–Trinajstić information content (AvgIpc) is 2.89. The number of carbonyl (C=O) groups is 2. The Labute approximate surface area is 136 Å². The highest BCUT2D eigenvalue weighted by Gasteiger charge is 2.31. The minimum absolute atomic E-state index is 0.0400. The smallest absolute Gasteiger partial charge is 0.243 e. The average molecular weight is 308 g/mol. The van der Waals surface area contributed by atoms with Gasteiger partial charge in [0.1, 0.15) is 0 Å². The minimum Gasteiger partial charge on any atom is -0.333 e. The number of anilines is 1. The maximum Gasteiger partial charge on any atom is 0.243 e. The van der Waals surface area contributed by atoms with Gasteiger partial charge in [0.15, 0.2) is 0 Å². The van der Waals surface area contributed by atoms with Crippen LogP contribution in [0, 0.1) is 6.92 Å². The number of nitrogens with zero attached hydrogens (tertiary/aromatic N) is 1. The molecule has 1 saturated heterocycles. The summed E-state index contributed by atoms with van der Waals surface area (Å²) in [6, 6.07) is 17.6. The molecule has 1 heterocycles. The Morgan fingerprint density at radius 2 is 1.96 bits per heavy atom. The number of likely N-dealkylation sites (tertiary alicyclic amines) is 1. The van der Waals surface area contributed by atoms with E-state index in [-0.39, 0.29) is 24.3 Å². The monoisotopic (exact) mass is 308 g/mol. The molecule has 2 aromatic rings. The maximum atomic E-state index is 12.2. The van der Waals surface area contributed by atoms with Gasteiger partial charge in [-0.2, -0.15) is 0 Å². The van der Waals surface area contributed by atoms with E-state index >= 15 is 0 Å². The molecular formula is C19H20N2O2. The molecule has 0 spiro atoms. The van der Waals surface area contributed by atoms with Crippen LogP contribution in [0.15, 0.2) is 54.6 Å². The number of hydrogen-bond donors (Lipinski definition) is 1. The van der Waals surface area contributed by atoms with Gasteiger partial charge in [0.25, 0.3) is 0 Å². The van der Waals surface area contributed by atoms with E-state index in [4.69, 9.17) is 0 Å². The molecule has 1 fully saturated rings. The van der Waals surface area contributed by atoms with Gasteiger partial charge in [-0.3, -0.25) is 9.59 Å². The normalized spacial score (nSPS) is 17.3. The largest absolute Gasteiger partial charge is 0.333 e. The minimum atomic E-state index is -0.155. The summed E-state index contributed by atoms with van der Waals surface area (Å²) in [5, 5.41) is 2.85. The van der Waals surface area contributed by atoms with Gasteiger partial charge in [-0.15, -0.1) is 0 Å². The second kappa shape index (κ2) is 6.65. The number of rotatable bonds is 4. The van der Waals surface area contributed by atoms with Crippen molar-refractivity contribution in [3.63, 3.8) is 0 Å². The molecule has 0 aliphatic carbocycles. The lowest BCUT2D eigenvalue weighted by molar-refractivity contribution is -0.131. The van der Waals surface area contributed by atoms with Crippen LogP contribution < -0.4 is 5.32 Å². The molecule has 0 aromatic heterocycles. The van der Waals surface area contributed by atoms with Crippen molar-refractivity contribution in [2.75, 3.05) is 18.4 Å². The van der Waals surface area contributed by atoms with Crippen molar-refractivity contribution in [1.82, 2.24) is 4.90 Å². The lowest BCUT2D eigenvalue weighted by Gasteiger charge is -2.16. The number of amides is 2. The van der Waals surface area contributed by atoms with Crippen LogP contribution in [-0.2, 0) is 9.59 Å². The van der Waals surface area contributed by atoms with Crippen molar-refractivity contribution in [3.05, 3.63) is 65.7 Å². The zero-order valence-corrected chi connectivity index (χ0v) is 13.2. The SMILES string of the molecule is Cc1cccc(NC(=O)CN2C[C@@H](c3ccccc3)CC2=O)c1. The third-order valence-corrected chi connectivity index (χ3v) is 4.12. The summed E-state index contributed by atoms with van der Waals surface area (Å²) >= 11 is 0. The molecule has 4 heteroatoms. The maximum absolute atomic E-state index is 12.2. The second-order valence-corrected chi connectivity index (χ2v) is 6.00. The predicted molar refractivity (Wildman–Crippen MR) is 90.2 cm³/mol. The number of benzene rings is 2. The molecule has 1 atom stereocenters. The van der Waals surface area contributed by atoms with E-state index in [0.29, 0.717) is 13.0 Å². The molecule has 2 aromatic carbocycles. The van der Waals surface area contributed by atoms with Gasteiger partial charge in [0.2, 0.25) is 11.8 Å². The fourth-order valence-electron chi connectivity index (χ4n) is 2.97. The van der Waals surface area contributed by atoms with Crippen molar-refractivity contribution in [3.8, 4) is 0 Å². The molecule has 1 aliphatic rings. The first kappa shape index (κ1) is 15.3. The summed E-state index contributed by atoms with van der Waals surface area (Å²) in [6.07, 6.45) is 0.474. The molecule has 0 radical (unpaired) electrons. The third-order valence-electron chi connectivity index (χ3n) is 4.12. The van der Waals surface area contributed by atoms with Gasteiger partial charge in [0, 0.05) is 24.6 Å². The number of nitrogens with one attached hydrogen (secondary N) is 1. The van der Waals surface area contributed by atoms with Crippen LogP contribution in [0.3, 0.4) is 0 Å². The van der Waals surface area contributed by atoms with E-state index in [1.54, 1.807) is 4.90 Å². The summed E-state index contributed by atoms with van der Waals surface area (Å²) in [4.78, 5) is 26.0. The van der Waals surface area contributed by atoms with Crippen LogP contribution in [0.1, 0.15) is 23.5 Å². The molecule has 0 saturated carbocycles. The number of aryl methyl sites for hydroxylation is 1. The molecule has 1 aliphatic heterocycles. The van der Waals surface area contributed by atoms with E-state index in [1.165, 1.54) is 0 Å². The Morgan fingerprint density at radius 3 is 2.70 bits per heavy atom. The van der Waals surface area contributed by atoms with E-state index in [9.17, 15) is 9.59 Å². The van der Waals surface area contributed by atoms with Crippen LogP contribution in [-0.4, -0.2) is 29.8 Å². The zero-order valence-electron chi connectivity index (χ0n) is 13.2. The van der Waals surface area contributed by atoms with Crippen molar-refractivity contribution in [2.45, 2.75) is 19.3 Å². The summed E-state index contributed by atoms with van der Waals surface area (Å²) < 4.78 is 0. The van der Waals surface area contributed by atoms with Gasteiger partial charge in [-0.1, -0.05) is 42.5 Å². The second-order valence-electron chi connectivity index (χ2n) is 6.00. The van der Waals surface area contributed by atoms with Gasteiger partial charge in [0.05, 0.1) is 6.54 Å². The highest BCUT2D eigenvalue weighted by Crippen LogP contribution is 2.27. The van der Waals surface area contributed by atoms with Crippen LogP contribution >= 0.6 is 0 Å². The van der Waals surface area contributed by atoms with Crippen LogP contribution in [0.2, 0.25) is 0 Å². The standard InChI is InChI=1S/C19H20N2O2/c1-14-6-5-9-17(10-14)20-18(22)13-21-12-16(11-19(21)23)15-7-3-2-4-8-15/h2-10,16H,11-13H2,1H3,(H,20,22)/t16-/m0/s1. The molecule has 2 amide bonds. The Kier molecular flexibility index (Phi) is 4.42. The lowest BCUT2D eigenvalue weighted by Crippen LogP contribution is -2.34. The first-order chi connectivity index (χ1) is 11.1. The predicted octanol–water partition coefficient (Wildman–Crippen LogP) is 2.95. The molecule has 1 N–H and O–H groups in total. The Morgan fingerprint density at radius 1 is 1.17 bits per heavy atom. The quantitative estimate of drug-likeness (QED) is 0.944. The molecule has 0 bridgehead atoms. The Balaban J connectivity index is 1.60. The van der Waals surface area contributed by atoms with Gasteiger partial charge in [-0.25, -0.2) is 0 Å². The third kappa shape index (κ3) is 3.77. The first-order valence-electron chi connectivity index (χ1n) is 7.81. The highest BCUT2D eigenvalue weighted by molar-refractivity contribution is 5.95. The molecule has 3 rings (SSSR count). The fourth-order valence-corrected chi connectivity index (χ4v) is 2.97. The van der Waals surface area contributed by atoms with Crippen LogP contribution in [0.25, 0.3) is 0 Å². The molecule has 23 heavy (non-hydrogen) atoms. The highest BCUT2D eigenvalue weighted by atomic mass is 16.2. The molecule has 4 nitrogen and oxygen atoms in total. The van der Waals surface area contributed by atoms with E-state index < -0.39 is 0 Å². The van der Waals surface area contributed by atoms with Crippen LogP contribution in [0.5, 0.6) is 0 Å². The van der Waals surface area contributed by atoms with E-state index in [2.05, 4.69) is 5.32 Å².